The minimum atomic E-state index is -0.340. The van der Waals surface area contributed by atoms with Gasteiger partial charge in [-0.3, -0.25) is 0 Å². The van der Waals surface area contributed by atoms with Crippen LogP contribution >= 0.6 is 35.0 Å². The number of ether oxygens (including phenoxy) is 1. The highest BCUT2D eigenvalue weighted by Crippen LogP contribution is 2.51. The van der Waals surface area contributed by atoms with Crippen LogP contribution in [0.3, 0.4) is 0 Å². The van der Waals surface area contributed by atoms with Gasteiger partial charge in [-0.25, -0.2) is 4.68 Å². The number of thioether (sulfide) groups is 1. The van der Waals surface area contributed by atoms with Crippen LogP contribution in [0.15, 0.2) is 83.5 Å². The molecule has 33 heavy (non-hydrogen) atoms. The number of para-hydroxylation sites is 1. The standard InChI is InChI=1S/C25H18Cl2N4OS/c1-33-16-9-6-14(7-10-16)24-21-22(18-4-2-3-5-20(18)32-24)30-25-28-13-29-31(25)23(21)17-11-8-15(26)12-19(17)27/h2-13,23-24H,1H3,(H,28,29,30)/t23-,24-/m1/s1. The van der Waals surface area contributed by atoms with Gasteiger partial charge in [-0.05, 0) is 53.8 Å². The predicted molar refractivity (Wildman–Crippen MR) is 133 cm³/mol. The minimum Gasteiger partial charge on any atom is -0.480 e. The molecule has 0 spiro atoms. The van der Waals surface area contributed by atoms with Crippen LogP contribution in [0.2, 0.25) is 10.0 Å². The fourth-order valence-electron chi connectivity index (χ4n) is 4.49. The van der Waals surface area contributed by atoms with E-state index in [1.807, 2.05) is 35.0 Å². The van der Waals surface area contributed by atoms with E-state index in [0.29, 0.717) is 16.0 Å². The summed E-state index contributed by atoms with van der Waals surface area (Å²) in [5.74, 6) is 1.47. The Kier molecular flexibility index (Phi) is 5.09. The Morgan fingerprint density at radius 3 is 2.64 bits per heavy atom. The molecule has 0 unspecified atom stereocenters. The van der Waals surface area contributed by atoms with Gasteiger partial charge in [-0.15, -0.1) is 11.8 Å². The number of aromatic nitrogens is 3. The molecule has 1 aromatic heterocycles. The van der Waals surface area contributed by atoms with Crippen LogP contribution in [0.5, 0.6) is 5.75 Å². The molecule has 164 valence electrons. The highest BCUT2D eigenvalue weighted by Gasteiger charge is 2.41. The molecule has 0 saturated heterocycles. The van der Waals surface area contributed by atoms with Crippen LogP contribution in [0.1, 0.15) is 28.8 Å². The monoisotopic (exact) mass is 492 g/mol. The molecule has 3 heterocycles. The largest absolute Gasteiger partial charge is 0.480 e. The summed E-state index contributed by atoms with van der Waals surface area (Å²) in [4.78, 5) is 5.65. The number of hydrogen-bond acceptors (Lipinski definition) is 5. The van der Waals surface area contributed by atoms with Crippen molar-refractivity contribution in [1.29, 1.82) is 0 Å². The Balaban J connectivity index is 1.62. The van der Waals surface area contributed by atoms with Crippen LogP contribution in [0.25, 0.3) is 5.70 Å². The van der Waals surface area contributed by atoms with Gasteiger partial charge in [-0.2, -0.15) is 10.1 Å². The van der Waals surface area contributed by atoms with Gasteiger partial charge in [-0.1, -0.05) is 53.5 Å². The lowest BCUT2D eigenvalue weighted by molar-refractivity contribution is 0.223. The first kappa shape index (κ1) is 20.7. The van der Waals surface area contributed by atoms with Crippen molar-refractivity contribution in [2.24, 2.45) is 0 Å². The van der Waals surface area contributed by atoms with E-state index in [2.05, 4.69) is 52.0 Å². The molecule has 0 aliphatic carbocycles. The zero-order valence-electron chi connectivity index (χ0n) is 17.5. The highest BCUT2D eigenvalue weighted by atomic mass is 35.5. The topological polar surface area (TPSA) is 52.0 Å². The highest BCUT2D eigenvalue weighted by molar-refractivity contribution is 7.98. The number of nitrogens with zero attached hydrogens (tertiary/aromatic N) is 3. The molecular formula is C25H18Cl2N4OS. The number of rotatable bonds is 3. The second-order valence-corrected chi connectivity index (χ2v) is 9.54. The fourth-order valence-corrected chi connectivity index (χ4v) is 5.41. The van der Waals surface area contributed by atoms with Gasteiger partial charge in [0.15, 0.2) is 0 Å². The lowest BCUT2D eigenvalue weighted by Crippen LogP contribution is -2.32. The molecule has 0 radical (unpaired) electrons. The summed E-state index contributed by atoms with van der Waals surface area (Å²) in [5.41, 5.74) is 4.90. The molecule has 1 N–H and O–H groups in total. The van der Waals surface area contributed by atoms with Crippen LogP contribution in [-0.2, 0) is 0 Å². The van der Waals surface area contributed by atoms with E-state index in [9.17, 15) is 0 Å². The van der Waals surface area contributed by atoms with Crippen molar-refractivity contribution < 1.29 is 4.74 Å². The van der Waals surface area contributed by atoms with Gasteiger partial charge in [0.05, 0.1) is 5.70 Å². The molecule has 4 aromatic rings. The number of fused-ring (bicyclic) bond motifs is 3. The van der Waals surface area contributed by atoms with Gasteiger partial charge >= 0.3 is 0 Å². The van der Waals surface area contributed by atoms with Crippen molar-refractivity contribution in [1.82, 2.24) is 14.8 Å². The molecular weight excluding hydrogens is 475 g/mol. The van der Waals surface area contributed by atoms with E-state index in [-0.39, 0.29) is 12.1 Å². The Labute approximate surface area is 205 Å². The van der Waals surface area contributed by atoms with E-state index in [1.165, 1.54) is 4.90 Å². The first-order valence-electron chi connectivity index (χ1n) is 10.4. The van der Waals surface area contributed by atoms with Crippen molar-refractivity contribution in [2.75, 3.05) is 11.6 Å². The second kappa shape index (κ2) is 8.13. The summed E-state index contributed by atoms with van der Waals surface area (Å²) >= 11 is 14.7. The van der Waals surface area contributed by atoms with Gasteiger partial charge in [0, 0.05) is 26.1 Å². The number of anilines is 1. The third-order valence-electron chi connectivity index (χ3n) is 6.00. The van der Waals surface area contributed by atoms with E-state index < -0.39 is 0 Å². The normalized spacial score (nSPS) is 18.6. The van der Waals surface area contributed by atoms with E-state index >= 15 is 0 Å². The molecule has 2 aliphatic rings. The summed E-state index contributed by atoms with van der Waals surface area (Å²) in [6.45, 7) is 0. The molecule has 2 aliphatic heterocycles. The summed E-state index contributed by atoms with van der Waals surface area (Å²) in [6, 6.07) is 21.7. The quantitative estimate of drug-likeness (QED) is 0.316. The maximum atomic E-state index is 6.73. The maximum Gasteiger partial charge on any atom is 0.226 e. The third-order valence-corrected chi connectivity index (χ3v) is 7.30. The summed E-state index contributed by atoms with van der Waals surface area (Å²) in [7, 11) is 0. The molecule has 0 bridgehead atoms. The van der Waals surface area contributed by atoms with Crippen molar-refractivity contribution >= 4 is 46.6 Å². The molecule has 0 amide bonds. The third kappa shape index (κ3) is 3.41. The zero-order chi connectivity index (χ0) is 22.5. The Hall–Kier alpha value is -2.93. The average molecular weight is 493 g/mol. The second-order valence-electron chi connectivity index (χ2n) is 7.82. The Bertz CT molecular complexity index is 1400. The van der Waals surface area contributed by atoms with Crippen LogP contribution in [-0.4, -0.2) is 21.0 Å². The number of hydrogen-bond donors (Lipinski definition) is 1. The number of halogens is 2. The summed E-state index contributed by atoms with van der Waals surface area (Å²) < 4.78 is 8.49. The van der Waals surface area contributed by atoms with Gasteiger partial charge in [0.2, 0.25) is 5.95 Å². The van der Waals surface area contributed by atoms with E-state index in [0.717, 1.165) is 33.7 Å². The number of benzene rings is 3. The lowest BCUT2D eigenvalue weighted by Gasteiger charge is -2.39. The molecule has 2 atom stereocenters. The van der Waals surface area contributed by atoms with Crippen LogP contribution in [0.4, 0.5) is 5.95 Å². The van der Waals surface area contributed by atoms with Crippen molar-refractivity contribution in [3.05, 3.63) is 105 Å². The summed E-state index contributed by atoms with van der Waals surface area (Å²) in [5, 5.41) is 9.19. The average Bonchev–Trinajstić information content (AvgIpc) is 3.31. The van der Waals surface area contributed by atoms with Crippen LogP contribution < -0.4 is 10.1 Å². The molecule has 0 fully saturated rings. The fraction of sp³-hybridized carbons (Fsp3) is 0.120. The zero-order valence-corrected chi connectivity index (χ0v) is 19.8. The van der Waals surface area contributed by atoms with Gasteiger partial charge in [0.25, 0.3) is 0 Å². The molecule has 6 rings (SSSR count). The van der Waals surface area contributed by atoms with Crippen molar-refractivity contribution in [3.8, 4) is 5.75 Å². The maximum absolute atomic E-state index is 6.73. The SMILES string of the molecule is CSc1ccc([C@H]2Oc3ccccc3C3=C2[C@@H](c2ccc(Cl)cc2Cl)n2ncnc2N3)cc1. The van der Waals surface area contributed by atoms with E-state index in [1.54, 1.807) is 24.2 Å². The van der Waals surface area contributed by atoms with Crippen molar-refractivity contribution in [2.45, 2.75) is 17.0 Å². The van der Waals surface area contributed by atoms with Crippen LogP contribution in [0, 0.1) is 0 Å². The molecule has 5 nitrogen and oxygen atoms in total. The van der Waals surface area contributed by atoms with Gasteiger partial charge < -0.3 is 10.1 Å². The lowest BCUT2D eigenvalue weighted by atomic mass is 9.84. The Morgan fingerprint density at radius 1 is 1.03 bits per heavy atom. The Morgan fingerprint density at radius 2 is 1.85 bits per heavy atom. The smallest absolute Gasteiger partial charge is 0.226 e. The minimum absolute atomic E-state index is 0.318. The number of nitrogens with one attached hydrogen (secondary N) is 1. The van der Waals surface area contributed by atoms with Crippen molar-refractivity contribution in [3.63, 3.8) is 0 Å². The first-order chi connectivity index (χ1) is 16.1. The molecule has 0 saturated carbocycles. The molecule has 3 aromatic carbocycles. The summed E-state index contributed by atoms with van der Waals surface area (Å²) in [6.07, 6.45) is 3.28. The molecule has 8 heteroatoms. The predicted octanol–water partition coefficient (Wildman–Crippen LogP) is 6.87. The van der Waals surface area contributed by atoms with E-state index in [4.69, 9.17) is 27.9 Å². The van der Waals surface area contributed by atoms with Gasteiger partial charge in [0.1, 0.15) is 24.2 Å². The first-order valence-corrected chi connectivity index (χ1v) is 12.4.